The van der Waals surface area contributed by atoms with Crippen LogP contribution >= 0.6 is 0 Å². The minimum atomic E-state index is -0.156. The molecule has 18 heavy (non-hydrogen) atoms. The van der Waals surface area contributed by atoms with Gasteiger partial charge in [0.2, 0.25) is 0 Å². The van der Waals surface area contributed by atoms with Crippen molar-refractivity contribution in [1.82, 2.24) is 10.2 Å². The normalized spacial score (nSPS) is 11.1. The zero-order chi connectivity index (χ0) is 13.5. The average Bonchev–Trinajstić information content (AvgIpc) is 2.36. The molecule has 0 aliphatic carbocycles. The van der Waals surface area contributed by atoms with Crippen LogP contribution in [0.2, 0.25) is 0 Å². The zero-order valence-electron chi connectivity index (χ0n) is 10.9. The number of hydrogen-bond donors (Lipinski definition) is 2. The molecule has 4 heteroatoms. The Morgan fingerprint density at radius 1 is 1.50 bits per heavy atom. The molecule has 1 aromatic rings. The van der Waals surface area contributed by atoms with E-state index in [0.717, 1.165) is 11.1 Å². The summed E-state index contributed by atoms with van der Waals surface area (Å²) >= 11 is 0. The van der Waals surface area contributed by atoms with Gasteiger partial charge in [-0.2, -0.15) is 0 Å². The fourth-order valence-corrected chi connectivity index (χ4v) is 1.43. The number of hydrogen-bond acceptors (Lipinski definition) is 2. The highest BCUT2D eigenvalue weighted by Gasteiger charge is 2.10. The Hall–Kier alpha value is -1.99. The molecule has 0 bridgehead atoms. The first-order valence-electron chi connectivity index (χ1n) is 5.72. The first-order chi connectivity index (χ1) is 8.54. The van der Waals surface area contributed by atoms with Crippen LogP contribution in [0.25, 0.3) is 0 Å². The molecule has 0 fully saturated rings. The van der Waals surface area contributed by atoms with Crippen LogP contribution in [0.5, 0.6) is 0 Å². The van der Waals surface area contributed by atoms with E-state index in [1.165, 1.54) is 4.90 Å². The average molecular weight is 246 g/mol. The van der Waals surface area contributed by atoms with Crippen LogP contribution in [0.3, 0.4) is 0 Å². The standard InChI is InChI=1S/C14H18N2O2/c1-11(15-14(18)16(2)3)13-8-4-6-12(10-13)7-5-9-17/h4,6,8,10-11,17H,9H2,1-3H3,(H,15,18). The number of benzene rings is 1. The summed E-state index contributed by atoms with van der Waals surface area (Å²) in [5.74, 6) is 5.44. The number of amides is 2. The van der Waals surface area contributed by atoms with Crippen LogP contribution in [0.1, 0.15) is 24.1 Å². The summed E-state index contributed by atoms with van der Waals surface area (Å²) in [6, 6.07) is 7.38. The van der Waals surface area contributed by atoms with Crippen molar-refractivity contribution in [3.8, 4) is 11.8 Å². The van der Waals surface area contributed by atoms with Gasteiger partial charge in [-0.25, -0.2) is 4.79 Å². The predicted molar refractivity (Wildman–Crippen MR) is 71.0 cm³/mol. The Kier molecular flexibility index (Phi) is 5.22. The summed E-state index contributed by atoms with van der Waals surface area (Å²) in [6.45, 7) is 1.76. The summed E-state index contributed by atoms with van der Waals surface area (Å²) in [6.07, 6.45) is 0. The third-order valence-electron chi connectivity index (χ3n) is 2.44. The molecule has 96 valence electrons. The van der Waals surface area contributed by atoms with Crippen LogP contribution in [0.15, 0.2) is 24.3 Å². The molecule has 2 N–H and O–H groups in total. The molecular weight excluding hydrogens is 228 g/mol. The third-order valence-corrected chi connectivity index (χ3v) is 2.44. The van der Waals surface area contributed by atoms with Crippen molar-refractivity contribution in [3.63, 3.8) is 0 Å². The Labute approximate surface area is 108 Å². The highest BCUT2D eigenvalue weighted by Crippen LogP contribution is 2.13. The number of nitrogens with one attached hydrogen (secondary N) is 1. The van der Waals surface area contributed by atoms with Crippen LogP contribution in [-0.2, 0) is 0 Å². The minimum absolute atomic E-state index is 0.0872. The highest BCUT2D eigenvalue weighted by atomic mass is 16.2. The molecule has 1 aromatic carbocycles. The molecule has 0 heterocycles. The number of aliphatic hydroxyl groups excluding tert-OH is 1. The largest absolute Gasteiger partial charge is 0.384 e. The summed E-state index contributed by atoms with van der Waals surface area (Å²) < 4.78 is 0. The molecule has 0 radical (unpaired) electrons. The summed E-state index contributed by atoms with van der Waals surface area (Å²) in [5.41, 5.74) is 1.81. The molecule has 0 spiro atoms. The van der Waals surface area contributed by atoms with Gasteiger partial charge in [-0.3, -0.25) is 0 Å². The van der Waals surface area contributed by atoms with E-state index in [9.17, 15) is 4.79 Å². The van der Waals surface area contributed by atoms with Crippen molar-refractivity contribution in [2.75, 3.05) is 20.7 Å². The van der Waals surface area contributed by atoms with Gasteiger partial charge in [0, 0.05) is 19.7 Å². The first kappa shape index (κ1) is 14.1. The van der Waals surface area contributed by atoms with E-state index in [4.69, 9.17) is 5.11 Å². The van der Waals surface area contributed by atoms with Crippen molar-refractivity contribution < 1.29 is 9.90 Å². The van der Waals surface area contributed by atoms with Crippen molar-refractivity contribution in [2.24, 2.45) is 0 Å². The van der Waals surface area contributed by atoms with Gasteiger partial charge in [0.25, 0.3) is 0 Å². The predicted octanol–water partition coefficient (Wildman–Crippen LogP) is 1.36. The molecule has 1 atom stereocenters. The molecule has 2 amide bonds. The van der Waals surface area contributed by atoms with Crippen LogP contribution < -0.4 is 5.32 Å². The lowest BCUT2D eigenvalue weighted by atomic mass is 10.1. The van der Waals surface area contributed by atoms with Crippen LogP contribution in [-0.4, -0.2) is 36.7 Å². The van der Waals surface area contributed by atoms with E-state index in [1.54, 1.807) is 14.1 Å². The van der Waals surface area contributed by atoms with Crippen LogP contribution in [0.4, 0.5) is 4.79 Å². The Morgan fingerprint density at radius 3 is 2.83 bits per heavy atom. The summed E-state index contributed by atoms with van der Waals surface area (Å²) in [5, 5.41) is 11.5. The number of carbonyl (C=O) groups is 1. The number of aliphatic hydroxyl groups is 1. The van der Waals surface area contributed by atoms with Gasteiger partial charge >= 0.3 is 6.03 Å². The lowest BCUT2D eigenvalue weighted by Crippen LogP contribution is -2.36. The molecule has 4 nitrogen and oxygen atoms in total. The molecule has 1 rings (SSSR count). The van der Waals surface area contributed by atoms with Crippen LogP contribution in [0, 0.1) is 11.8 Å². The maximum absolute atomic E-state index is 11.5. The first-order valence-corrected chi connectivity index (χ1v) is 5.72. The lowest BCUT2D eigenvalue weighted by molar-refractivity contribution is 0.214. The van der Waals surface area contributed by atoms with Crippen molar-refractivity contribution in [3.05, 3.63) is 35.4 Å². The van der Waals surface area contributed by atoms with E-state index in [2.05, 4.69) is 17.2 Å². The van der Waals surface area contributed by atoms with Gasteiger partial charge in [0.1, 0.15) is 6.61 Å². The quantitative estimate of drug-likeness (QED) is 0.774. The molecular formula is C14H18N2O2. The molecule has 0 aliphatic rings. The second-order valence-electron chi connectivity index (χ2n) is 4.15. The van der Waals surface area contributed by atoms with Gasteiger partial charge < -0.3 is 15.3 Å². The van der Waals surface area contributed by atoms with E-state index in [0.29, 0.717) is 0 Å². The van der Waals surface area contributed by atoms with E-state index in [-0.39, 0.29) is 18.7 Å². The monoisotopic (exact) mass is 246 g/mol. The fourth-order valence-electron chi connectivity index (χ4n) is 1.43. The number of carbonyl (C=O) groups excluding carboxylic acids is 1. The van der Waals surface area contributed by atoms with E-state index in [1.807, 2.05) is 31.2 Å². The molecule has 0 aromatic heterocycles. The minimum Gasteiger partial charge on any atom is -0.384 e. The van der Waals surface area contributed by atoms with Gasteiger partial charge in [0.15, 0.2) is 0 Å². The number of nitrogens with zero attached hydrogens (tertiary/aromatic N) is 1. The summed E-state index contributed by atoms with van der Waals surface area (Å²) in [4.78, 5) is 13.0. The Balaban J connectivity index is 2.80. The number of urea groups is 1. The van der Waals surface area contributed by atoms with Gasteiger partial charge in [0.05, 0.1) is 6.04 Å². The van der Waals surface area contributed by atoms with Gasteiger partial charge in [-0.15, -0.1) is 0 Å². The molecule has 0 saturated carbocycles. The van der Waals surface area contributed by atoms with E-state index >= 15 is 0 Å². The maximum atomic E-state index is 11.5. The second-order valence-corrected chi connectivity index (χ2v) is 4.15. The van der Waals surface area contributed by atoms with Crippen molar-refractivity contribution >= 4 is 6.03 Å². The lowest BCUT2D eigenvalue weighted by Gasteiger charge is -2.18. The number of rotatable bonds is 2. The van der Waals surface area contributed by atoms with E-state index < -0.39 is 0 Å². The highest BCUT2D eigenvalue weighted by molar-refractivity contribution is 5.74. The van der Waals surface area contributed by atoms with Crippen molar-refractivity contribution in [2.45, 2.75) is 13.0 Å². The Bertz CT molecular complexity index is 472. The Morgan fingerprint density at radius 2 is 2.22 bits per heavy atom. The fraction of sp³-hybridized carbons (Fsp3) is 0.357. The van der Waals surface area contributed by atoms with Gasteiger partial charge in [-0.1, -0.05) is 24.0 Å². The smallest absolute Gasteiger partial charge is 0.317 e. The second kappa shape index (κ2) is 6.67. The molecule has 0 saturated heterocycles. The zero-order valence-corrected chi connectivity index (χ0v) is 10.9. The SMILES string of the molecule is CC(NC(=O)N(C)C)c1cccc(C#CCO)c1. The molecule has 1 unspecified atom stereocenters. The molecule has 0 aliphatic heterocycles. The van der Waals surface area contributed by atoms with Crippen molar-refractivity contribution in [1.29, 1.82) is 0 Å². The maximum Gasteiger partial charge on any atom is 0.317 e. The summed E-state index contributed by atoms with van der Waals surface area (Å²) in [7, 11) is 3.40. The topological polar surface area (TPSA) is 52.6 Å². The van der Waals surface area contributed by atoms with Gasteiger partial charge in [-0.05, 0) is 24.6 Å². The third kappa shape index (κ3) is 4.11.